The van der Waals surface area contributed by atoms with Crippen molar-refractivity contribution in [2.75, 3.05) is 5.73 Å². The topological polar surface area (TPSA) is 77.0 Å². The van der Waals surface area contributed by atoms with Gasteiger partial charge in [0.05, 0.1) is 12.1 Å². The summed E-state index contributed by atoms with van der Waals surface area (Å²) in [5, 5.41) is 10.3. The number of nitrogen functional groups attached to an aromatic ring is 1. The summed E-state index contributed by atoms with van der Waals surface area (Å²) in [6.07, 6.45) is 6.56. The van der Waals surface area contributed by atoms with Crippen LogP contribution in [0.3, 0.4) is 0 Å². The van der Waals surface area contributed by atoms with E-state index < -0.39 is 0 Å². The Morgan fingerprint density at radius 1 is 1.32 bits per heavy atom. The Morgan fingerprint density at radius 3 is 2.95 bits per heavy atom. The molecule has 1 aliphatic carbocycles. The fourth-order valence-electron chi connectivity index (χ4n) is 3.02. The van der Waals surface area contributed by atoms with E-state index in [-0.39, 0.29) is 12.1 Å². The van der Waals surface area contributed by atoms with Crippen molar-refractivity contribution in [2.24, 2.45) is 0 Å². The second kappa shape index (κ2) is 4.81. The van der Waals surface area contributed by atoms with E-state index in [0.717, 1.165) is 42.4 Å². The van der Waals surface area contributed by atoms with Gasteiger partial charge in [0.15, 0.2) is 5.65 Å². The average molecular weight is 260 g/mol. The number of nitrogens with zero attached hydrogens (tertiary/aromatic N) is 3. The highest BCUT2D eigenvalue weighted by molar-refractivity contribution is 5.77. The van der Waals surface area contributed by atoms with Crippen molar-refractivity contribution in [1.82, 2.24) is 14.5 Å². The first kappa shape index (κ1) is 12.4. The SMILES string of the molecule is Cc1ccnc2c1nc(N)n2C1CCCCCC1O. The molecule has 1 fully saturated rings. The molecular weight excluding hydrogens is 240 g/mol. The fraction of sp³-hybridized carbons (Fsp3) is 0.571. The second-order valence-corrected chi connectivity index (χ2v) is 5.41. The van der Waals surface area contributed by atoms with Crippen molar-refractivity contribution in [1.29, 1.82) is 0 Å². The molecule has 2 heterocycles. The molecule has 0 aromatic carbocycles. The first-order chi connectivity index (χ1) is 9.18. The van der Waals surface area contributed by atoms with Crippen molar-refractivity contribution < 1.29 is 5.11 Å². The predicted molar refractivity (Wildman–Crippen MR) is 74.8 cm³/mol. The normalized spacial score (nSPS) is 24.5. The number of rotatable bonds is 1. The highest BCUT2D eigenvalue weighted by Crippen LogP contribution is 2.32. The van der Waals surface area contributed by atoms with Crippen molar-refractivity contribution >= 4 is 17.1 Å². The number of imidazole rings is 1. The molecule has 2 unspecified atom stereocenters. The lowest BCUT2D eigenvalue weighted by Crippen LogP contribution is -2.24. The van der Waals surface area contributed by atoms with Gasteiger partial charge in [-0.15, -0.1) is 0 Å². The van der Waals surface area contributed by atoms with E-state index in [1.807, 2.05) is 17.6 Å². The lowest BCUT2D eigenvalue weighted by Gasteiger charge is -2.23. The van der Waals surface area contributed by atoms with Gasteiger partial charge >= 0.3 is 0 Å². The number of aliphatic hydroxyl groups excluding tert-OH is 1. The number of aryl methyl sites for hydroxylation is 1. The number of fused-ring (bicyclic) bond motifs is 1. The predicted octanol–water partition coefficient (Wildman–Crippen LogP) is 2.19. The zero-order chi connectivity index (χ0) is 13.4. The molecule has 0 spiro atoms. The molecule has 102 valence electrons. The van der Waals surface area contributed by atoms with Crippen molar-refractivity contribution in [2.45, 2.75) is 51.2 Å². The Labute approximate surface area is 112 Å². The van der Waals surface area contributed by atoms with Gasteiger partial charge in [0.1, 0.15) is 5.52 Å². The molecule has 0 bridgehead atoms. The van der Waals surface area contributed by atoms with Crippen LogP contribution in [0.5, 0.6) is 0 Å². The molecule has 0 aliphatic heterocycles. The minimum Gasteiger partial charge on any atom is -0.391 e. The average Bonchev–Trinajstić information content (AvgIpc) is 2.57. The first-order valence-electron chi connectivity index (χ1n) is 6.95. The molecule has 0 radical (unpaired) electrons. The van der Waals surface area contributed by atoms with E-state index in [2.05, 4.69) is 9.97 Å². The van der Waals surface area contributed by atoms with Crippen molar-refractivity contribution in [3.8, 4) is 0 Å². The van der Waals surface area contributed by atoms with Crippen LogP contribution in [0.15, 0.2) is 12.3 Å². The van der Waals surface area contributed by atoms with E-state index in [9.17, 15) is 5.11 Å². The second-order valence-electron chi connectivity index (χ2n) is 5.41. The summed E-state index contributed by atoms with van der Waals surface area (Å²) in [7, 11) is 0. The van der Waals surface area contributed by atoms with Gasteiger partial charge in [0.25, 0.3) is 0 Å². The van der Waals surface area contributed by atoms with E-state index in [4.69, 9.17) is 5.73 Å². The molecule has 3 rings (SSSR count). The van der Waals surface area contributed by atoms with Gasteiger partial charge in [-0.25, -0.2) is 9.97 Å². The Bertz CT molecular complexity index is 592. The smallest absolute Gasteiger partial charge is 0.202 e. The number of aromatic nitrogens is 3. The summed E-state index contributed by atoms with van der Waals surface area (Å²) in [6.45, 7) is 2.00. The standard InChI is InChI=1S/C14H20N4O/c1-9-7-8-16-13-12(9)17-14(15)18(13)10-5-3-2-4-6-11(10)19/h7-8,10-11,19H,2-6H2,1H3,(H2,15,17). The van der Waals surface area contributed by atoms with Gasteiger partial charge in [0, 0.05) is 6.20 Å². The molecule has 3 N–H and O–H groups in total. The molecule has 2 aromatic heterocycles. The quantitative estimate of drug-likeness (QED) is 0.770. The van der Waals surface area contributed by atoms with Gasteiger partial charge in [-0.2, -0.15) is 0 Å². The van der Waals surface area contributed by atoms with Crippen LogP contribution in [0.25, 0.3) is 11.2 Å². The number of hydrogen-bond acceptors (Lipinski definition) is 4. The third-order valence-electron chi connectivity index (χ3n) is 4.08. The summed E-state index contributed by atoms with van der Waals surface area (Å²) in [5.41, 5.74) is 8.77. The highest BCUT2D eigenvalue weighted by Gasteiger charge is 2.27. The van der Waals surface area contributed by atoms with Crippen LogP contribution in [0, 0.1) is 6.92 Å². The summed E-state index contributed by atoms with van der Waals surface area (Å²) >= 11 is 0. The summed E-state index contributed by atoms with van der Waals surface area (Å²) < 4.78 is 1.93. The van der Waals surface area contributed by atoms with Gasteiger partial charge in [-0.3, -0.25) is 4.57 Å². The van der Waals surface area contributed by atoms with E-state index in [0.29, 0.717) is 5.95 Å². The number of aliphatic hydroxyl groups is 1. The van der Waals surface area contributed by atoms with E-state index in [1.165, 1.54) is 6.42 Å². The molecule has 19 heavy (non-hydrogen) atoms. The largest absolute Gasteiger partial charge is 0.391 e. The van der Waals surface area contributed by atoms with Gasteiger partial charge in [0.2, 0.25) is 5.95 Å². The Morgan fingerprint density at radius 2 is 2.11 bits per heavy atom. The van der Waals surface area contributed by atoms with Crippen LogP contribution in [0.1, 0.15) is 43.7 Å². The first-order valence-corrected chi connectivity index (χ1v) is 6.95. The molecular formula is C14H20N4O. The van der Waals surface area contributed by atoms with Crippen molar-refractivity contribution in [3.63, 3.8) is 0 Å². The zero-order valence-corrected chi connectivity index (χ0v) is 11.2. The number of hydrogen-bond donors (Lipinski definition) is 2. The van der Waals surface area contributed by atoms with E-state index >= 15 is 0 Å². The third kappa shape index (κ3) is 2.08. The van der Waals surface area contributed by atoms with Gasteiger partial charge in [-0.1, -0.05) is 19.3 Å². The molecule has 5 heteroatoms. The molecule has 1 saturated carbocycles. The van der Waals surface area contributed by atoms with E-state index in [1.54, 1.807) is 6.20 Å². The monoisotopic (exact) mass is 260 g/mol. The molecule has 2 atom stereocenters. The number of pyridine rings is 1. The van der Waals surface area contributed by atoms with Gasteiger partial charge in [-0.05, 0) is 31.4 Å². The summed E-state index contributed by atoms with van der Waals surface area (Å²) in [5.74, 6) is 0.461. The fourth-order valence-corrected chi connectivity index (χ4v) is 3.02. The van der Waals surface area contributed by atoms with Crippen LogP contribution in [0.4, 0.5) is 5.95 Å². The van der Waals surface area contributed by atoms with Crippen LogP contribution in [-0.4, -0.2) is 25.7 Å². The van der Waals surface area contributed by atoms with Crippen molar-refractivity contribution in [3.05, 3.63) is 17.8 Å². The number of anilines is 1. The maximum absolute atomic E-state index is 10.3. The number of nitrogens with two attached hydrogens (primary N) is 1. The minimum atomic E-state index is -0.357. The van der Waals surface area contributed by atoms with Crippen LogP contribution in [-0.2, 0) is 0 Å². The van der Waals surface area contributed by atoms with Crippen LogP contribution in [0.2, 0.25) is 0 Å². The summed E-state index contributed by atoms with van der Waals surface area (Å²) in [6, 6.07) is 1.93. The van der Waals surface area contributed by atoms with Crippen LogP contribution < -0.4 is 5.73 Å². The lowest BCUT2D eigenvalue weighted by atomic mass is 10.1. The lowest BCUT2D eigenvalue weighted by molar-refractivity contribution is 0.108. The molecule has 0 amide bonds. The Kier molecular flexibility index (Phi) is 3.14. The molecule has 5 nitrogen and oxygen atoms in total. The molecule has 2 aromatic rings. The molecule has 1 aliphatic rings. The minimum absolute atomic E-state index is 0.00167. The Hall–Kier alpha value is -1.62. The van der Waals surface area contributed by atoms with Crippen LogP contribution >= 0.6 is 0 Å². The zero-order valence-electron chi connectivity index (χ0n) is 11.2. The summed E-state index contributed by atoms with van der Waals surface area (Å²) in [4.78, 5) is 8.83. The maximum atomic E-state index is 10.3. The third-order valence-corrected chi connectivity index (χ3v) is 4.08. The van der Waals surface area contributed by atoms with Gasteiger partial charge < -0.3 is 10.8 Å². The highest BCUT2D eigenvalue weighted by atomic mass is 16.3. The molecule has 0 saturated heterocycles. The Balaban J connectivity index is 2.13. The maximum Gasteiger partial charge on any atom is 0.202 e.